The van der Waals surface area contributed by atoms with E-state index in [4.69, 9.17) is 4.74 Å². The van der Waals surface area contributed by atoms with Crippen LogP contribution in [0.3, 0.4) is 0 Å². The minimum atomic E-state index is -3.57. The third kappa shape index (κ3) is 3.44. The monoisotopic (exact) mass is 395 g/mol. The lowest BCUT2D eigenvalue weighted by molar-refractivity contribution is 0.337. The van der Waals surface area contributed by atoms with Crippen molar-refractivity contribution in [3.8, 4) is 17.0 Å². The van der Waals surface area contributed by atoms with E-state index in [1.807, 2.05) is 37.3 Å². The molecule has 0 spiro atoms. The summed E-state index contributed by atoms with van der Waals surface area (Å²) in [4.78, 5) is 9.50. The molecule has 3 aromatic rings. The molecule has 0 amide bonds. The standard InChI is InChI=1S/C21H21N3O3S/c1-15-22-20-12-13-24(28(25,26)18-6-4-3-5-7-18)14-19(20)21(23-15)16-8-10-17(27-2)11-9-16/h3-11H,12-14H2,1-2H3. The summed E-state index contributed by atoms with van der Waals surface area (Å²) in [5.74, 6) is 1.45. The molecular weight excluding hydrogens is 374 g/mol. The van der Waals surface area contributed by atoms with E-state index in [1.165, 1.54) is 4.31 Å². The van der Waals surface area contributed by atoms with Crippen molar-refractivity contribution in [2.45, 2.75) is 24.8 Å². The number of aromatic nitrogens is 2. The molecule has 0 fully saturated rings. The largest absolute Gasteiger partial charge is 0.593 e. The lowest BCUT2D eigenvalue weighted by Crippen LogP contribution is -2.40. The Balaban J connectivity index is 1.74. The molecule has 1 aliphatic heterocycles. The van der Waals surface area contributed by atoms with E-state index in [0.717, 1.165) is 28.3 Å². The number of sulfonamides is 1. The van der Waals surface area contributed by atoms with E-state index in [0.29, 0.717) is 23.7 Å². The van der Waals surface area contributed by atoms with Crippen molar-refractivity contribution < 1.29 is 13.5 Å². The van der Waals surface area contributed by atoms with Gasteiger partial charge in [0.05, 0.1) is 31.6 Å². The SMILES string of the molecule is COc1ccc(-c2nc(C)nc3c2CN([S+](=O)([O-])c2ccccc2)CC3)cc1. The molecule has 0 N–H and O–H groups in total. The summed E-state index contributed by atoms with van der Waals surface area (Å²) in [5, 5.41) is 0. The van der Waals surface area contributed by atoms with Crippen LogP contribution in [0.4, 0.5) is 0 Å². The van der Waals surface area contributed by atoms with Gasteiger partial charge in [-0.2, -0.15) is 0 Å². The number of methoxy groups -OCH3 is 1. The van der Waals surface area contributed by atoms with Crippen molar-refractivity contribution in [1.82, 2.24) is 14.3 Å². The van der Waals surface area contributed by atoms with Gasteiger partial charge >= 0.3 is 0 Å². The predicted octanol–water partition coefficient (Wildman–Crippen LogP) is 3.42. The van der Waals surface area contributed by atoms with Gasteiger partial charge in [-0.25, -0.2) is 9.97 Å². The zero-order chi connectivity index (χ0) is 19.7. The summed E-state index contributed by atoms with van der Waals surface area (Å²) in [6.45, 7) is 2.53. The molecule has 1 aromatic heterocycles. The van der Waals surface area contributed by atoms with Gasteiger partial charge in [-0.3, -0.25) is 0 Å². The number of ether oxygens (including phenoxy) is 1. The van der Waals surface area contributed by atoms with Crippen LogP contribution in [0.1, 0.15) is 17.1 Å². The molecule has 1 unspecified atom stereocenters. The number of aryl methyl sites for hydroxylation is 1. The molecule has 6 nitrogen and oxygen atoms in total. The van der Waals surface area contributed by atoms with Gasteiger partial charge < -0.3 is 9.29 Å². The quantitative estimate of drug-likeness (QED) is 0.633. The van der Waals surface area contributed by atoms with Gasteiger partial charge in [-0.1, -0.05) is 22.4 Å². The van der Waals surface area contributed by atoms with Crippen molar-refractivity contribution in [2.75, 3.05) is 13.7 Å². The molecule has 0 saturated carbocycles. The smallest absolute Gasteiger partial charge is 0.175 e. The predicted molar refractivity (Wildman–Crippen MR) is 106 cm³/mol. The van der Waals surface area contributed by atoms with Gasteiger partial charge in [0.25, 0.3) is 0 Å². The van der Waals surface area contributed by atoms with E-state index in [1.54, 1.807) is 31.4 Å². The highest BCUT2D eigenvalue weighted by Gasteiger charge is 2.35. The van der Waals surface area contributed by atoms with Crippen molar-refractivity contribution in [1.29, 1.82) is 0 Å². The molecule has 2 aromatic carbocycles. The van der Waals surface area contributed by atoms with Gasteiger partial charge in [0, 0.05) is 17.5 Å². The molecule has 0 bridgehead atoms. The van der Waals surface area contributed by atoms with Crippen LogP contribution in [0, 0.1) is 6.92 Å². The zero-order valence-corrected chi connectivity index (χ0v) is 16.6. The number of rotatable bonds is 4. The van der Waals surface area contributed by atoms with E-state index >= 15 is 0 Å². The number of benzene rings is 2. The van der Waals surface area contributed by atoms with Crippen molar-refractivity contribution in [3.05, 3.63) is 71.7 Å². The maximum absolute atomic E-state index is 13.1. The second-order valence-corrected chi connectivity index (χ2v) is 8.61. The Bertz CT molecular complexity index is 1040. The van der Waals surface area contributed by atoms with Gasteiger partial charge in [0.1, 0.15) is 11.6 Å². The van der Waals surface area contributed by atoms with Crippen molar-refractivity contribution in [2.24, 2.45) is 0 Å². The van der Waals surface area contributed by atoms with Crippen LogP contribution in [0.2, 0.25) is 0 Å². The average molecular weight is 395 g/mol. The molecule has 1 atom stereocenters. The molecular formula is C21H21N3O3S. The fourth-order valence-electron chi connectivity index (χ4n) is 3.45. The molecule has 1 aliphatic rings. The van der Waals surface area contributed by atoms with E-state index in [2.05, 4.69) is 9.97 Å². The molecule has 144 valence electrons. The Labute approximate surface area is 165 Å². The minimum absolute atomic E-state index is 0.258. The molecule has 28 heavy (non-hydrogen) atoms. The molecule has 7 heteroatoms. The van der Waals surface area contributed by atoms with Crippen molar-refractivity contribution >= 4 is 10.4 Å². The first-order valence-electron chi connectivity index (χ1n) is 9.05. The minimum Gasteiger partial charge on any atom is -0.593 e. The lowest BCUT2D eigenvalue weighted by Gasteiger charge is -2.31. The van der Waals surface area contributed by atoms with Crippen LogP contribution in [0.15, 0.2) is 59.5 Å². The maximum Gasteiger partial charge on any atom is 0.175 e. The van der Waals surface area contributed by atoms with Gasteiger partial charge in [-0.05, 0) is 43.3 Å². The first-order chi connectivity index (χ1) is 13.5. The number of fused-ring (bicyclic) bond motifs is 1. The molecule has 0 radical (unpaired) electrons. The lowest BCUT2D eigenvalue weighted by atomic mass is 10.00. The number of nitrogens with zero attached hydrogens (tertiary/aromatic N) is 3. The highest BCUT2D eigenvalue weighted by atomic mass is 32.3. The van der Waals surface area contributed by atoms with Crippen molar-refractivity contribution in [3.63, 3.8) is 0 Å². The Hall–Kier alpha value is -2.61. The Morgan fingerprint density at radius 3 is 2.46 bits per heavy atom. The van der Waals surface area contributed by atoms with E-state index < -0.39 is 10.4 Å². The van der Waals surface area contributed by atoms with E-state index in [9.17, 15) is 8.76 Å². The van der Waals surface area contributed by atoms with Crippen LogP contribution in [0.5, 0.6) is 5.75 Å². The first kappa shape index (κ1) is 18.7. The average Bonchev–Trinajstić information content (AvgIpc) is 2.73. The fourth-order valence-corrected chi connectivity index (χ4v) is 4.88. The summed E-state index contributed by atoms with van der Waals surface area (Å²) in [6.07, 6.45) is 0.563. The molecule has 0 aliphatic carbocycles. The van der Waals surface area contributed by atoms with Crippen LogP contribution in [-0.4, -0.2) is 32.5 Å². The van der Waals surface area contributed by atoms with Crippen LogP contribution < -0.4 is 4.74 Å². The van der Waals surface area contributed by atoms with Gasteiger partial charge in [0.2, 0.25) is 0 Å². The summed E-state index contributed by atoms with van der Waals surface area (Å²) >= 11 is 0. The molecule has 0 saturated heterocycles. The highest BCUT2D eigenvalue weighted by Crippen LogP contribution is 2.33. The third-order valence-electron chi connectivity index (χ3n) is 4.88. The summed E-state index contributed by atoms with van der Waals surface area (Å²) in [7, 11) is -1.94. The fraction of sp³-hybridized carbons (Fsp3) is 0.238. The topological polar surface area (TPSA) is 78.4 Å². The van der Waals surface area contributed by atoms with Crippen LogP contribution in [-0.2, 0) is 27.6 Å². The molecule has 4 rings (SSSR count). The van der Waals surface area contributed by atoms with E-state index in [-0.39, 0.29) is 6.54 Å². The summed E-state index contributed by atoms with van der Waals surface area (Å²) < 4.78 is 32.9. The second kappa shape index (κ2) is 7.43. The summed E-state index contributed by atoms with van der Waals surface area (Å²) in [5.41, 5.74) is 3.47. The van der Waals surface area contributed by atoms with Gasteiger partial charge in [-0.15, -0.1) is 4.31 Å². The summed E-state index contributed by atoms with van der Waals surface area (Å²) in [6, 6.07) is 16.2. The first-order valence-corrected chi connectivity index (χ1v) is 10.5. The third-order valence-corrected chi connectivity index (χ3v) is 6.74. The normalized spacial score (nSPS) is 16.2. The van der Waals surface area contributed by atoms with Gasteiger partial charge in [0.15, 0.2) is 15.3 Å². The number of hydrogen-bond donors (Lipinski definition) is 0. The Kier molecular flexibility index (Phi) is 4.97. The maximum atomic E-state index is 13.1. The second-order valence-electron chi connectivity index (χ2n) is 6.67. The van der Waals surface area contributed by atoms with Crippen LogP contribution in [0.25, 0.3) is 11.3 Å². The molecule has 2 heterocycles. The Morgan fingerprint density at radius 2 is 1.79 bits per heavy atom. The van der Waals surface area contributed by atoms with Crippen LogP contribution >= 0.6 is 0 Å². The number of hydrogen-bond acceptors (Lipinski definition) is 5. The zero-order valence-electron chi connectivity index (χ0n) is 15.8. The highest BCUT2D eigenvalue weighted by molar-refractivity contribution is 7.95. The Morgan fingerprint density at radius 1 is 1.07 bits per heavy atom.